The molecular formula is C11H17O5P. The molecule has 0 atom stereocenters. The summed E-state index contributed by atoms with van der Waals surface area (Å²) in [5.74, 6) is -0.0189. The van der Waals surface area contributed by atoms with E-state index in [4.69, 9.17) is 13.5 Å². The lowest BCUT2D eigenvalue weighted by molar-refractivity contribution is 0.0902. The quantitative estimate of drug-likeness (QED) is 0.733. The Morgan fingerprint density at radius 3 is 2.12 bits per heavy atom. The zero-order chi connectivity index (χ0) is 13.1. The highest BCUT2D eigenvalue weighted by atomic mass is 31.2. The van der Waals surface area contributed by atoms with Crippen LogP contribution >= 0.6 is 7.60 Å². The molecule has 0 aliphatic carbocycles. The van der Waals surface area contributed by atoms with Gasteiger partial charge in [-0.2, -0.15) is 0 Å². The third-order valence-electron chi connectivity index (χ3n) is 1.68. The van der Waals surface area contributed by atoms with Gasteiger partial charge in [0.2, 0.25) is 0 Å². The zero-order valence-electron chi connectivity index (χ0n) is 10.4. The molecule has 6 heteroatoms. The lowest BCUT2D eigenvalue weighted by Crippen LogP contribution is -2.14. The van der Waals surface area contributed by atoms with E-state index < -0.39 is 13.1 Å². The van der Waals surface area contributed by atoms with Crippen molar-refractivity contribution < 1.29 is 22.8 Å². The van der Waals surface area contributed by atoms with E-state index in [2.05, 4.69) is 0 Å². The molecule has 1 aromatic rings. The summed E-state index contributed by atoms with van der Waals surface area (Å²) in [6.45, 7) is 6.75. The summed E-state index contributed by atoms with van der Waals surface area (Å²) in [5.41, 5.74) is -0.745. The van der Waals surface area contributed by atoms with Crippen molar-refractivity contribution in [1.29, 1.82) is 0 Å². The fourth-order valence-corrected chi connectivity index (χ4v) is 2.96. The molecule has 0 N–H and O–H groups in total. The summed E-state index contributed by atoms with van der Waals surface area (Å²) in [4.78, 5) is 12.0. The van der Waals surface area contributed by atoms with Crippen molar-refractivity contribution in [1.82, 2.24) is 0 Å². The molecule has 1 rings (SSSR count). The number of carbonyl (C=O) groups excluding carboxylic acids is 1. The predicted molar refractivity (Wildman–Crippen MR) is 63.1 cm³/mol. The average Bonchev–Trinajstić information content (AvgIpc) is 2.66. The molecule has 0 unspecified atom stereocenters. The van der Waals surface area contributed by atoms with E-state index in [0.717, 1.165) is 0 Å². The largest absolute Gasteiger partial charge is 0.461 e. The summed E-state index contributed by atoms with van der Waals surface area (Å²) in [7, 11) is -3.84. The van der Waals surface area contributed by atoms with Crippen LogP contribution in [0.2, 0.25) is 0 Å². The molecule has 0 radical (unpaired) electrons. The van der Waals surface area contributed by atoms with E-state index in [-0.39, 0.29) is 18.0 Å². The molecular weight excluding hydrogens is 243 g/mol. The molecule has 0 saturated carbocycles. The van der Waals surface area contributed by atoms with Crippen LogP contribution in [0, 0.1) is 0 Å². The molecule has 1 aromatic heterocycles. The van der Waals surface area contributed by atoms with Gasteiger partial charge in [0.15, 0.2) is 5.76 Å². The highest BCUT2D eigenvalue weighted by molar-refractivity contribution is 7.72. The van der Waals surface area contributed by atoms with Crippen LogP contribution in [0.15, 0.2) is 22.8 Å². The van der Waals surface area contributed by atoms with Crippen LogP contribution in [0.1, 0.15) is 38.2 Å². The second-order valence-electron chi connectivity index (χ2n) is 4.09. The number of rotatable bonds is 6. The van der Waals surface area contributed by atoms with Gasteiger partial charge in [-0.15, -0.1) is 0 Å². The normalized spacial score (nSPS) is 12.4. The maximum absolute atomic E-state index is 12.4. The van der Waals surface area contributed by atoms with E-state index in [9.17, 15) is 9.36 Å². The van der Waals surface area contributed by atoms with E-state index in [0.29, 0.717) is 0 Å². The van der Waals surface area contributed by atoms with Crippen molar-refractivity contribution in [2.75, 3.05) is 0 Å². The Hall–Kier alpha value is -0.900. The van der Waals surface area contributed by atoms with Crippen LogP contribution in [0.3, 0.4) is 0 Å². The highest BCUT2D eigenvalue weighted by Crippen LogP contribution is 2.53. The van der Waals surface area contributed by atoms with Crippen LogP contribution in [-0.2, 0) is 13.6 Å². The number of hydrogen-bond acceptors (Lipinski definition) is 5. The standard InChI is InChI=1S/C11H17O5P/c1-8(2)15-17(13,16-9(3)4)11(12)10-6-5-7-14-10/h5-9H,1-4H3. The summed E-state index contributed by atoms with van der Waals surface area (Å²) in [5, 5.41) is 0. The van der Waals surface area contributed by atoms with E-state index in [1.54, 1.807) is 33.8 Å². The van der Waals surface area contributed by atoms with Gasteiger partial charge in [0, 0.05) is 0 Å². The van der Waals surface area contributed by atoms with Crippen molar-refractivity contribution in [3.05, 3.63) is 24.2 Å². The lowest BCUT2D eigenvalue weighted by Gasteiger charge is -2.20. The Balaban J connectivity index is 2.98. The number of furan rings is 1. The van der Waals surface area contributed by atoms with Crippen LogP contribution in [-0.4, -0.2) is 17.7 Å². The Morgan fingerprint density at radius 1 is 1.24 bits per heavy atom. The lowest BCUT2D eigenvalue weighted by atomic mass is 10.5. The smallest absolute Gasteiger partial charge is 0.405 e. The third kappa shape index (κ3) is 3.80. The van der Waals surface area contributed by atoms with Crippen molar-refractivity contribution in [3.8, 4) is 0 Å². The van der Waals surface area contributed by atoms with Crippen molar-refractivity contribution in [3.63, 3.8) is 0 Å². The Kier molecular flexibility index (Phi) is 4.69. The first-order valence-corrected chi connectivity index (χ1v) is 6.94. The topological polar surface area (TPSA) is 65.7 Å². The molecule has 0 aliphatic rings. The van der Waals surface area contributed by atoms with E-state index in [1.165, 1.54) is 12.3 Å². The van der Waals surface area contributed by atoms with Crippen LogP contribution in [0.5, 0.6) is 0 Å². The molecule has 0 fully saturated rings. The Labute approximate surface area is 101 Å². The molecule has 17 heavy (non-hydrogen) atoms. The van der Waals surface area contributed by atoms with Gasteiger partial charge in [-0.05, 0) is 39.8 Å². The van der Waals surface area contributed by atoms with Gasteiger partial charge in [-0.1, -0.05) is 0 Å². The first-order valence-electron chi connectivity index (χ1n) is 5.40. The third-order valence-corrected chi connectivity index (χ3v) is 3.80. The minimum atomic E-state index is -3.84. The second-order valence-corrected chi connectivity index (χ2v) is 5.91. The molecule has 0 bridgehead atoms. The van der Waals surface area contributed by atoms with Gasteiger partial charge in [0.1, 0.15) is 0 Å². The SMILES string of the molecule is CC(C)OP(=O)(OC(C)C)C(=O)c1ccco1. The van der Waals surface area contributed by atoms with Crippen LogP contribution in [0.25, 0.3) is 0 Å². The van der Waals surface area contributed by atoms with Gasteiger partial charge in [-0.25, -0.2) is 0 Å². The van der Waals surface area contributed by atoms with E-state index >= 15 is 0 Å². The van der Waals surface area contributed by atoms with Crippen molar-refractivity contribution >= 4 is 13.1 Å². The van der Waals surface area contributed by atoms with Gasteiger partial charge >= 0.3 is 13.1 Å². The molecule has 96 valence electrons. The Morgan fingerprint density at radius 2 is 1.76 bits per heavy atom. The summed E-state index contributed by atoms with van der Waals surface area (Å²) >= 11 is 0. The maximum Gasteiger partial charge on any atom is 0.405 e. The fraction of sp³-hybridized carbons (Fsp3) is 0.545. The van der Waals surface area contributed by atoms with Gasteiger partial charge in [-0.3, -0.25) is 9.36 Å². The van der Waals surface area contributed by atoms with Gasteiger partial charge in [0.25, 0.3) is 0 Å². The molecule has 5 nitrogen and oxygen atoms in total. The molecule has 0 spiro atoms. The molecule has 0 aromatic carbocycles. The van der Waals surface area contributed by atoms with Gasteiger partial charge < -0.3 is 13.5 Å². The number of carbonyl (C=O) groups is 1. The summed E-state index contributed by atoms with van der Waals surface area (Å²) in [6, 6.07) is 2.98. The maximum atomic E-state index is 12.4. The minimum Gasteiger partial charge on any atom is -0.461 e. The average molecular weight is 260 g/mol. The minimum absolute atomic E-state index is 0.0189. The highest BCUT2D eigenvalue weighted by Gasteiger charge is 2.39. The number of hydrogen-bond donors (Lipinski definition) is 0. The summed E-state index contributed by atoms with van der Waals surface area (Å²) < 4.78 is 27.6. The van der Waals surface area contributed by atoms with Crippen LogP contribution in [0.4, 0.5) is 0 Å². The molecule has 0 amide bonds. The van der Waals surface area contributed by atoms with Crippen molar-refractivity contribution in [2.24, 2.45) is 0 Å². The monoisotopic (exact) mass is 260 g/mol. The second kappa shape index (κ2) is 5.63. The fourth-order valence-electron chi connectivity index (χ4n) is 1.21. The van der Waals surface area contributed by atoms with Crippen molar-refractivity contribution in [2.45, 2.75) is 39.9 Å². The zero-order valence-corrected chi connectivity index (χ0v) is 11.3. The summed E-state index contributed by atoms with van der Waals surface area (Å²) in [6.07, 6.45) is 0.583. The van der Waals surface area contributed by atoms with E-state index in [1.807, 2.05) is 0 Å². The predicted octanol–water partition coefficient (Wildman–Crippen LogP) is 3.46. The molecule has 0 saturated heterocycles. The molecule has 0 aliphatic heterocycles. The molecule has 1 heterocycles. The Bertz CT molecular complexity index is 394. The first kappa shape index (κ1) is 14.2. The van der Waals surface area contributed by atoms with Gasteiger partial charge in [0.05, 0.1) is 18.5 Å². The first-order chi connectivity index (χ1) is 7.85. The van der Waals surface area contributed by atoms with Crippen LogP contribution < -0.4 is 0 Å².